The number of phenols is 2. The second kappa shape index (κ2) is 14.6. The molecule has 1 atom stereocenters. The molecule has 0 fully saturated rings. The Morgan fingerprint density at radius 3 is 2.34 bits per heavy atom. The molecule has 0 aliphatic heterocycles. The van der Waals surface area contributed by atoms with Crippen molar-refractivity contribution in [1.82, 2.24) is 5.32 Å². The smallest absolute Gasteiger partial charge is 0.160 e. The van der Waals surface area contributed by atoms with Crippen LogP contribution in [0.1, 0.15) is 48.5 Å². The molecule has 0 aliphatic rings. The number of halogens is 2. The number of hydrogen-bond acceptors (Lipinski definition) is 6. The number of aliphatic hydroxyl groups excluding tert-OH is 1. The zero-order chi connectivity index (χ0) is 23.3. The first-order chi connectivity index (χ1) is 15.4. The van der Waals surface area contributed by atoms with Gasteiger partial charge in [0.25, 0.3) is 0 Å². The molecule has 0 aliphatic carbocycles. The summed E-state index contributed by atoms with van der Waals surface area (Å²) in [4.78, 5) is 0. The van der Waals surface area contributed by atoms with E-state index in [2.05, 4.69) is 5.32 Å². The molecule has 32 heavy (non-hydrogen) atoms. The molecule has 2 aromatic rings. The Balaban J connectivity index is 1.43. The number of aliphatic hydroxyl groups is 1. The quantitative estimate of drug-likeness (QED) is 0.206. The Morgan fingerprint density at radius 2 is 1.59 bits per heavy atom. The fourth-order valence-electron chi connectivity index (χ4n) is 3.28. The SMILES string of the molecule is Cc1c(C(O)CNCCCCCCOCCOCc2c(Cl)cccc2Cl)ccc(O)c1O. The molecule has 0 saturated carbocycles. The summed E-state index contributed by atoms with van der Waals surface area (Å²) in [6.45, 7) is 4.98. The van der Waals surface area contributed by atoms with Crippen LogP contribution >= 0.6 is 23.2 Å². The summed E-state index contributed by atoms with van der Waals surface area (Å²) >= 11 is 12.2. The molecule has 0 amide bonds. The molecule has 0 saturated heterocycles. The first-order valence-corrected chi connectivity index (χ1v) is 11.7. The van der Waals surface area contributed by atoms with Gasteiger partial charge in [-0.1, -0.05) is 48.2 Å². The molecular formula is C24H33Cl2NO5. The van der Waals surface area contributed by atoms with Gasteiger partial charge in [-0.05, 0) is 50.1 Å². The minimum absolute atomic E-state index is 0.176. The second-order valence-electron chi connectivity index (χ2n) is 7.65. The van der Waals surface area contributed by atoms with Crippen LogP contribution in [0.4, 0.5) is 0 Å². The van der Waals surface area contributed by atoms with E-state index >= 15 is 0 Å². The minimum atomic E-state index is -0.730. The van der Waals surface area contributed by atoms with Gasteiger partial charge in [-0.15, -0.1) is 0 Å². The first-order valence-electron chi connectivity index (χ1n) is 10.9. The van der Waals surface area contributed by atoms with Crippen LogP contribution in [0.5, 0.6) is 11.5 Å². The third-order valence-electron chi connectivity index (χ3n) is 5.22. The molecule has 0 spiro atoms. The molecule has 0 radical (unpaired) electrons. The van der Waals surface area contributed by atoms with E-state index in [1.807, 2.05) is 6.07 Å². The fraction of sp³-hybridized carbons (Fsp3) is 0.500. The third kappa shape index (κ3) is 8.77. The maximum Gasteiger partial charge on any atom is 0.160 e. The van der Waals surface area contributed by atoms with Crippen LogP contribution in [0, 0.1) is 6.92 Å². The maximum absolute atomic E-state index is 10.3. The molecule has 0 bridgehead atoms. The molecule has 2 rings (SSSR count). The van der Waals surface area contributed by atoms with Crippen molar-refractivity contribution in [3.8, 4) is 11.5 Å². The number of phenolic OH excluding ortho intramolecular Hbond substituents is 2. The summed E-state index contributed by atoms with van der Waals surface area (Å²) in [5, 5.41) is 34.0. The number of nitrogens with one attached hydrogen (secondary N) is 1. The lowest BCUT2D eigenvalue weighted by Gasteiger charge is -2.16. The number of hydrogen-bond donors (Lipinski definition) is 4. The van der Waals surface area contributed by atoms with Crippen LogP contribution in [0.3, 0.4) is 0 Å². The molecular weight excluding hydrogens is 453 g/mol. The van der Waals surface area contributed by atoms with Gasteiger partial charge < -0.3 is 30.1 Å². The minimum Gasteiger partial charge on any atom is -0.504 e. The lowest BCUT2D eigenvalue weighted by atomic mass is 10.0. The highest BCUT2D eigenvalue weighted by atomic mass is 35.5. The van der Waals surface area contributed by atoms with Crippen LogP contribution in [0.25, 0.3) is 0 Å². The lowest BCUT2D eigenvalue weighted by molar-refractivity contribution is 0.0393. The number of unbranched alkanes of at least 4 members (excludes halogenated alkanes) is 3. The topological polar surface area (TPSA) is 91.2 Å². The lowest BCUT2D eigenvalue weighted by Crippen LogP contribution is -2.23. The van der Waals surface area contributed by atoms with Crippen LogP contribution in [0.15, 0.2) is 30.3 Å². The largest absolute Gasteiger partial charge is 0.504 e. The summed E-state index contributed by atoms with van der Waals surface area (Å²) in [6.07, 6.45) is 3.42. The molecule has 0 heterocycles. The average Bonchev–Trinajstić information content (AvgIpc) is 2.77. The van der Waals surface area contributed by atoms with Crippen molar-refractivity contribution in [3.05, 3.63) is 57.1 Å². The highest BCUT2D eigenvalue weighted by Crippen LogP contribution is 2.33. The van der Waals surface area contributed by atoms with Gasteiger partial charge >= 0.3 is 0 Å². The zero-order valence-corrected chi connectivity index (χ0v) is 20.0. The highest BCUT2D eigenvalue weighted by Gasteiger charge is 2.14. The number of aromatic hydroxyl groups is 2. The van der Waals surface area contributed by atoms with E-state index in [0.717, 1.165) is 37.8 Å². The summed E-state index contributed by atoms with van der Waals surface area (Å²) in [7, 11) is 0. The molecule has 0 aromatic heterocycles. The predicted molar refractivity (Wildman–Crippen MR) is 128 cm³/mol. The van der Waals surface area contributed by atoms with Crippen molar-refractivity contribution < 1.29 is 24.8 Å². The monoisotopic (exact) mass is 485 g/mol. The van der Waals surface area contributed by atoms with E-state index < -0.39 is 6.10 Å². The van der Waals surface area contributed by atoms with Crippen LogP contribution in [0.2, 0.25) is 10.0 Å². The third-order valence-corrected chi connectivity index (χ3v) is 5.93. The van der Waals surface area contributed by atoms with Crippen molar-refractivity contribution in [2.24, 2.45) is 0 Å². The van der Waals surface area contributed by atoms with E-state index in [1.54, 1.807) is 25.1 Å². The van der Waals surface area contributed by atoms with Crippen molar-refractivity contribution in [1.29, 1.82) is 0 Å². The predicted octanol–water partition coefficient (Wildman–Crippen LogP) is 5.13. The van der Waals surface area contributed by atoms with E-state index in [9.17, 15) is 15.3 Å². The van der Waals surface area contributed by atoms with E-state index in [-0.39, 0.29) is 11.5 Å². The zero-order valence-electron chi connectivity index (χ0n) is 18.4. The van der Waals surface area contributed by atoms with Crippen molar-refractivity contribution >= 4 is 23.2 Å². The number of ether oxygens (including phenoxy) is 2. The van der Waals surface area contributed by atoms with Crippen molar-refractivity contribution in [2.75, 3.05) is 32.9 Å². The van der Waals surface area contributed by atoms with Gasteiger partial charge in [0, 0.05) is 34.3 Å². The van der Waals surface area contributed by atoms with Gasteiger partial charge in [0.1, 0.15) is 0 Å². The molecule has 6 nitrogen and oxygen atoms in total. The summed E-state index contributed by atoms with van der Waals surface area (Å²) in [5.41, 5.74) is 1.91. The fourth-order valence-corrected chi connectivity index (χ4v) is 3.79. The van der Waals surface area contributed by atoms with Gasteiger partial charge in [0.15, 0.2) is 11.5 Å². The van der Waals surface area contributed by atoms with Crippen molar-refractivity contribution in [3.63, 3.8) is 0 Å². The maximum atomic E-state index is 10.3. The van der Waals surface area contributed by atoms with Gasteiger partial charge in [-0.3, -0.25) is 0 Å². The summed E-state index contributed by atoms with van der Waals surface area (Å²) in [6, 6.07) is 8.42. The Labute approximate surface area is 200 Å². The van der Waals surface area contributed by atoms with Crippen molar-refractivity contribution in [2.45, 2.75) is 45.3 Å². The Bertz CT molecular complexity index is 814. The standard InChI is InChI=1S/C24H33Cl2NO5/c1-17-18(9-10-22(28)24(17)30)23(29)15-27-11-4-2-3-5-12-31-13-14-32-16-19-20(25)7-6-8-21(19)26/h6-10,23,27-30H,2-5,11-16H2,1H3. The van der Waals surface area contributed by atoms with Gasteiger partial charge in [-0.2, -0.15) is 0 Å². The van der Waals surface area contributed by atoms with Crippen LogP contribution in [-0.2, 0) is 16.1 Å². The average molecular weight is 486 g/mol. The van der Waals surface area contributed by atoms with Crippen LogP contribution in [-0.4, -0.2) is 48.2 Å². The Kier molecular flexibility index (Phi) is 12.2. The Hall–Kier alpha value is -1.54. The van der Waals surface area contributed by atoms with Crippen LogP contribution < -0.4 is 5.32 Å². The number of benzene rings is 2. The molecule has 2 aromatic carbocycles. The summed E-state index contributed by atoms with van der Waals surface area (Å²) < 4.78 is 11.2. The molecule has 178 valence electrons. The van der Waals surface area contributed by atoms with Gasteiger partial charge in [0.05, 0.1) is 25.9 Å². The molecule has 8 heteroatoms. The van der Waals surface area contributed by atoms with E-state index in [4.69, 9.17) is 32.7 Å². The van der Waals surface area contributed by atoms with Gasteiger partial charge in [-0.25, -0.2) is 0 Å². The summed E-state index contributed by atoms with van der Waals surface area (Å²) in [5.74, 6) is -0.356. The Morgan fingerprint density at radius 1 is 0.906 bits per heavy atom. The number of rotatable bonds is 15. The highest BCUT2D eigenvalue weighted by molar-refractivity contribution is 6.35. The van der Waals surface area contributed by atoms with E-state index in [1.165, 1.54) is 6.07 Å². The van der Waals surface area contributed by atoms with Gasteiger partial charge in [0.2, 0.25) is 0 Å². The first kappa shape index (κ1) is 26.7. The second-order valence-corrected chi connectivity index (χ2v) is 8.46. The normalized spacial score (nSPS) is 12.2. The molecule has 4 N–H and O–H groups in total. The van der Waals surface area contributed by atoms with E-state index in [0.29, 0.717) is 54.1 Å². The molecule has 1 unspecified atom stereocenters.